The Hall–Kier alpha value is -2.44. The summed E-state index contributed by atoms with van der Waals surface area (Å²) in [6.45, 7) is 11.7. The molecular weight excluding hydrogens is 340 g/mol. The quantitative estimate of drug-likeness (QED) is 0.652. The lowest BCUT2D eigenvalue weighted by Gasteiger charge is -2.25. The van der Waals surface area contributed by atoms with E-state index in [0.717, 1.165) is 30.0 Å². The van der Waals surface area contributed by atoms with E-state index >= 15 is 0 Å². The van der Waals surface area contributed by atoms with Gasteiger partial charge in [-0.15, -0.1) is 0 Å². The van der Waals surface area contributed by atoms with Crippen molar-refractivity contribution in [2.24, 2.45) is 5.10 Å². The van der Waals surface area contributed by atoms with Crippen molar-refractivity contribution in [3.8, 4) is 5.69 Å². The van der Waals surface area contributed by atoms with Crippen molar-refractivity contribution in [3.05, 3.63) is 52.3 Å². The topological polar surface area (TPSA) is 58.9 Å². The first-order valence-electron chi connectivity index (χ1n) is 9.34. The number of ether oxygens (including phenoxy) is 1. The zero-order valence-electron chi connectivity index (χ0n) is 16.6. The maximum atomic E-state index is 12.0. The van der Waals surface area contributed by atoms with E-state index in [2.05, 4.69) is 72.0 Å². The maximum absolute atomic E-state index is 12.0. The molecule has 0 saturated carbocycles. The van der Waals surface area contributed by atoms with E-state index in [1.54, 1.807) is 6.21 Å². The molecule has 0 aliphatic carbocycles. The van der Waals surface area contributed by atoms with Crippen LogP contribution in [0.25, 0.3) is 5.69 Å². The van der Waals surface area contributed by atoms with Crippen LogP contribution in [0.4, 0.5) is 0 Å². The summed E-state index contributed by atoms with van der Waals surface area (Å²) in [5.41, 5.74) is 9.53. The molecule has 6 heteroatoms. The summed E-state index contributed by atoms with van der Waals surface area (Å²) >= 11 is 0. The Morgan fingerprint density at radius 3 is 2.63 bits per heavy atom. The number of hydrogen-bond donors (Lipinski definition) is 1. The molecule has 1 amide bonds. The number of amides is 1. The van der Waals surface area contributed by atoms with Gasteiger partial charge in [-0.25, -0.2) is 5.43 Å². The SMILES string of the molecule is Cc1ccc(-n2c(C)cc(/C=N\NC(=O)CN3CCOCC3)c2C)c(C)c1. The lowest BCUT2D eigenvalue weighted by molar-refractivity contribution is -0.123. The highest BCUT2D eigenvalue weighted by Gasteiger charge is 2.14. The fourth-order valence-corrected chi connectivity index (χ4v) is 3.52. The molecule has 1 saturated heterocycles. The third-order valence-electron chi connectivity index (χ3n) is 4.93. The van der Waals surface area contributed by atoms with Gasteiger partial charge in [0.2, 0.25) is 0 Å². The van der Waals surface area contributed by atoms with Crippen molar-refractivity contribution < 1.29 is 9.53 Å². The first-order valence-corrected chi connectivity index (χ1v) is 9.34. The Balaban J connectivity index is 1.69. The predicted octanol–water partition coefficient (Wildman–Crippen LogP) is 2.49. The number of morpholine rings is 1. The van der Waals surface area contributed by atoms with E-state index in [1.165, 1.54) is 16.8 Å². The summed E-state index contributed by atoms with van der Waals surface area (Å²) in [7, 11) is 0. The Morgan fingerprint density at radius 2 is 1.93 bits per heavy atom. The monoisotopic (exact) mass is 368 g/mol. The zero-order chi connectivity index (χ0) is 19.4. The molecule has 0 unspecified atom stereocenters. The highest BCUT2D eigenvalue weighted by atomic mass is 16.5. The van der Waals surface area contributed by atoms with Gasteiger partial charge in [-0.1, -0.05) is 17.7 Å². The molecule has 0 bridgehead atoms. The van der Waals surface area contributed by atoms with Gasteiger partial charge in [0.1, 0.15) is 0 Å². The molecule has 1 aromatic heterocycles. The van der Waals surface area contributed by atoms with Gasteiger partial charge in [0.15, 0.2) is 0 Å². The Labute approximate surface area is 160 Å². The van der Waals surface area contributed by atoms with Crippen LogP contribution < -0.4 is 5.43 Å². The van der Waals surface area contributed by atoms with Gasteiger partial charge in [0.25, 0.3) is 5.91 Å². The average Bonchev–Trinajstić information content (AvgIpc) is 2.90. The number of nitrogens with one attached hydrogen (secondary N) is 1. The molecule has 0 atom stereocenters. The van der Waals surface area contributed by atoms with Crippen LogP contribution in [0.3, 0.4) is 0 Å². The second-order valence-corrected chi connectivity index (χ2v) is 7.13. The molecule has 144 valence electrons. The fourth-order valence-electron chi connectivity index (χ4n) is 3.52. The largest absolute Gasteiger partial charge is 0.379 e. The third-order valence-corrected chi connectivity index (χ3v) is 4.93. The summed E-state index contributed by atoms with van der Waals surface area (Å²) < 4.78 is 7.52. The Bertz CT molecular complexity index is 848. The Kier molecular flexibility index (Phi) is 6.08. The van der Waals surface area contributed by atoms with Gasteiger partial charge in [0, 0.05) is 35.7 Å². The summed E-state index contributed by atoms with van der Waals surface area (Å²) in [6.07, 6.45) is 1.72. The normalized spacial score (nSPS) is 15.4. The maximum Gasteiger partial charge on any atom is 0.254 e. The molecule has 1 aromatic carbocycles. The smallest absolute Gasteiger partial charge is 0.254 e. The molecule has 27 heavy (non-hydrogen) atoms. The molecular formula is C21H28N4O2. The molecule has 2 heterocycles. The first kappa shape index (κ1) is 19.3. The molecule has 1 aliphatic rings. The average molecular weight is 368 g/mol. The minimum Gasteiger partial charge on any atom is -0.379 e. The predicted molar refractivity (Wildman–Crippen MR) is 108 cm³/mol. The van der Waals surface area contributed by atoms with Crippen LogP contribution in [-0.4, -0.2) is 54.4 Å². The van der Waals surface area contributed by atoms with Crippen LogP contribution in [0.1, 0.15) is 28.1 Å². The molecule has 1 fully saturated rings. The van der Waals surface area contributed by atoms with Crippen LogP contribution in [0.15, 0.2) is 29.4 Å². The van der Waals surface area contributed by atoms with Crippen molar-refractivity contribution in [2.45, 2.75) is 27.7 Å². The number of rotatable bonds is 5. The van der Waals surface area contributed by atoms with Gasteiger partial charge in [-0.2, -0.15) is 5.10 Å². The molecule has 6 nitrogen and oxygen atoms in total. The zero-order valence-corrected chi connectivity index (χ0v) is 16.6. The van der Waals surface area contributed by atoms with Gasteiger partial charge in [-0.3, -0.25) is 9.69 Å². The highest BCUT2D eigenvalue weighted by molar-refractivity contribution is 5.84. The van der Waals surface area contributed by atoms with Crippen LogP contribution in [-0.2, 0) is 9.53 Å². The van der Waals surface area contributed by atoms with Crippen LogP contribution in [0.2, 0.25) is 0 Å². The molecule has 1 aliphatic heterocycles. The number of benzene rings is 1. The molecule has 0 spiro atoms. The molecule has 0 radical (unpaired) electrons. The summed E-state index contributed by atoms with van der Waals surface area (Å²) in [6, 6.07) is 8.55. The number of carbonyl (C=O) groups is 1. The third kappa shape index (κ3) is 4.64. The van der Waals surface area contributed by atoms with Crippen molar-refractivity contribution >= 4 is 12.1 Å². The van der Waals surface area contributed by atoms with Crippen molar-refractivity contribution in [2.75, 3.05) is 32.8 Å². The molecule has 1 N–H and O–H groups in total. The Morgan fingerprint density at radius 1 is 1.19 bits per heavy atom. The first-order chi connectivity index (χ1) is 13.0. The van der Waals surface area contributed by atoms with E-state index in [9.17, 15) is 4.79 Å². The number of hydrazone groups is 1. The lowest BCUT2D eigenvalue weighted by atomic mass is 10.1. The number of carbonyl (C=O) groups excluding carboxylic acids is 1. The summed E-state index contributed by atoms with van der Waals surface area (Å²) in [4.78, 5) is 14.1. The van der Waals surface area contributed by atoms with Crippen LogP contribution >= 0.6 is 0 Å². The minimum atomic E-state index is -0.101. The van der Waals surface area contributed by atoms with E-state index < -0.39 is 0 Å². The van der Waals surface area contributed by atoms with Gasteiger partial charge >= 0.3 is 0 Å². The van der Waals surface area contributed by atoms with E-state index in [1.807, 2.05) is 0 Å². The van der Waals surface area contributed by atoms with Crippen LogP contribution in [0.5, 0.6) is 0 Å². The number of aryl methyl sites for hydroxylation is 3. The minimum absolute atomic E-state index is 0.101. The summed E-state index contributed by atoms with van der Waals surface area (Å²) in [5.74, 6) is -0.101. The van der Waals surface area contributed by atoms with E-state index in [-0.39, 0.29) is 5.91 Å². The standard InChI is InChI=1S/C21H28N4O2/c1-15-5-6-20(16(2)11-15)25-17(3)12-19(18(25)4)13-22-23-21(26)14-24-7-9-27-10-8-24/h5-6,11-13H,7-10,14H2,1-4H3,(H,23,26)/b22-13-. The van der Waals surface area contributed by atoms with Crippen molar-refractivity contribution in [1.82, 2.24) is 14.9 Å². The molecule has 2 aromatic rings. The van der Waals surface area contributed by atoms with Crippen molar-refractivity contribution in [1.29, 1.82) is 0 Å². The van der Waals surface area contributed by atoms with Gasteiger partial charge in [0.05, 0.1) is 26.0 Å². The molecule has 3 rings (SSSR count). The van der Waals surface area contributed by atoms with Crippen molar-refractivity contribution in [3.63, 3.8) is 0 Å². The summed E-state index contributed by atoms with van der Waals surface area (Å²) in [5, 5.41) is 4.16. The second kappa shape index (κ2) is 8.50. The van der Waals surface area contributed by atoms with E-state index in [0.29, 0.717) is 19.8 Å². The van der Waals surface area contributed by atoms with Crippen LogP contribution in [0, 0.1) is 27.7 Å². The number of aromatic nitrogens is 1. The van der Waals surface area contributed by atoms with Gasteiger partial charge < -0.3 is 9.30 Å². The van der Waals surface area contributed by atoms with E-state index in [4.69, 9.17) is 4.74 Å². The van der Waals surface area contributed by atoms with Gasteiger partial charge in [-0.05, 0) is 45.4 Å². The second-order valence-electron chi connectivity index (χ2n) is 7.13. The lowest BCUT2D eigenvalue weighted by Crippen LogP contribution is -2.42. The highest BCUT2D eigenvalue weighted by Crippen LogP contribution is 2.23. The fraction of sp³-hybridized carbons (Fsp3) is 0.429. The number of hydrogen-bond acceptors (Lipinski definition) is 4. The number of nitrogens with zero attached hydrogens (tertiary/aromatic N) is 3.